The molecule has 1 atom stereocenters. The van der Waals surface area contributed by atoms with Gasteiger partial charge in [0.05, 0.1) is 28.6 Å². The van der Waals surface area contributed by atoms with E-state index in [0.717, 1.165) is 53.6 Å². The van der Waals surface area contributed by atoms with Gasteiger partial charge in [0.1, 0.15) is 34.7 Å². The molecule has 0 radical (unpaired) electrons. The number of nitrogens with zero attached hydrogens (tertiary/aromatic N) is 9. The summed E-state index contributed by atoms with van der Waals surface area (Å²) < 4.78 is 9.93. The molecule has 4 aromatic rings. The summed E-state index contributed by atoms with van der Waals surface area (Å²) in [5.41, 5.74) is 4.37. The third-order valence-electron chi connectivity index (χ3n) is 6.21. The number of hydrogen-bond donors (Lipinski definition) is 0. The summed E-state index contributed by atoms with van der Waals surface area (Å²) in [5, 5.41) is 35.0. The molecule has 5 rings (SSSR count). The standard InChI is InChI=1S/C23H23N9OS/c1-14-22(28-29-32(14)19-4-6-30(13-25)7-5-19)17-8-21(23-18(9-24)10-26-31(23)11-17)33-15(2)20-12-34-16(3)27-20/h8,10-12,15,19H,4-7H2,1-3H3/t15-/m1/s1. The lowest BCUT2D eigenvalue weighted by molar-refractivity contribution is 0.224. The molecule has 0 amide bonds. The van der Waals surface area contributed by atoms with E-state index in [1.807, 2.05) is 43.1 Å². The zero-order valence-corrected chi connectivity index (χ0v) is 20.0. The van der Waals surface area contributed by atoms with E-state index in [9.17, 15) is 5.26 Å². The summed E-state index contributed by atoms with van der Waals surface area (Å²) in [5.74, 6) is 0.543. The highest BCUT2D eigenvalue weighted by Crippen LogP contribution is 2.34. The first-order valence-electron chi connectivity index (χ1n) is 11.1. The van der Waals surface area contributed by atoms with Gasteiger partial charge >= 0.3 is 0 Å². The lowest BCUT2D eigenvalue weighted by Gasteiger charge is -2.28. The van der Waals surface area contributed by atoms with Gasteiger partial charge in [-0.2, -0.15) is 15.6 Å². The summed E-state index contributed by atoms with van der Waals surface area (Å²) in [6.45, 7) is 7.34. The second-order valence-electron chi connectivity index (χ2n) is 8.39. The van der Waals surface area contributed by atoms with E-state index in [2.05, 4.69) is 32.7 Å². The van der Waals surface area contributed by atoms with Gasteiger partial charge in [0, 0.05) is 30.2 Å². The van der Waals surface area contributed by atoms with Crippen molar-refractivity contribution in [1.82, 2.24) is 34.5 Å². The third kappa shape index (κ3) is 3.84. The number of aryl methyl sites for hydroxylation is 1. The van der Waals surface area contributed by atoms with Crippen LogP contribution < -0.4 is 4.74 Å². The first-order chi connectivity index (χ1) is 16.5. The average molecular weight is 474 g/mol. The monoisotopic (exact) mass is 473 g/mol. The maximum absolute atomic E-state index is 9.60. The maximum Gasteiger partial charge on any atom is 0.179 e. The lowest BCUT2D eigenvalue weighted by Crippen LogP contribution is -2.31. The lowest BCUT2D eigenvalue weighted by atomic mass is 10.0. The fourth-order valence-electron chi connectivity index (χ4n) is 4.37. The van der Waals surface area contributed by atoms with Crippen LogP contribution in [0.15, 0.2) is 23.8 Å². The molecule has 1 aliphatic rings. The number of thiazole rings is 1. The number of piperidine rings is 1. The van der Waals surface area contributed by atoms with E-state index in [4.69, 9.17) is 10.00 Å². The highest BCUT2D eigenvalue weighted by Gasteiger charge is 2.25. The van der Waals surface area contributed by atoms with Gasteiger partial charge in [0.2, 0.25) is 0 Å². The van der Waals surface area contributed by atoms with E-state index in [1.54, 1.807) is 20.8 Å². The van der Waals surface area contributed by atoms with Crippen molar-refractivity contribution in [3.8, 4) is 29.3 Å². The second-order valence-corrected chi connectivity index (χ2v) is 9.46. The molecule has 4 aromatic heterocycles. The quantitative estimate of drug-likeness (QED) is 0.401. The minimum absolute atomic E-state index is 0.202. The van der Waals surface area contributed by atoms with Crippen LogP contribution in [0.1, 0.15) is 53.9 Å². The van der Waals surface area contributed by atoms with Crippen LogP contribution in [0.25, 0.3) is 16.8 Å². The van der Waals surface area contributed by atoms with Crippen LogP contribution >= 0.6 is 11.3 Å². The highest BCUT2D eigenvalue weighted by atomic mass is 32.1. The van der Waals surface area contributed by atoms with Gasteiger partial charge in [0.25, 0.3) is 0 Å². The SMILES string of the molecule is Cc1nc([C@@H](C)Oc2cc(-c3nnn(C4CCN(C#N)CC4)c3C)cn3ncc(C#N)c23)cs1. The second kappa shape index (κ2) is 8.76. The molecule has 34 heavy (non-hydrogen) atoms. The number of likely N-dealkylation sites (tertiary alicyclic amines) is 1. The number of rotatable bonds is 5. The number of fused-ring (bicyclic) bond motifs is 1. The zero-order chi connectivity index (χ0) is 23.8. The molecule has 1 fully saturated rings. The Hall–Kier alpha value is -3.96. The molecule has 0 N–H and O–H groups in total. The van der Waals surface area contributed by atoms with Gasteiger partial charge in [-0.15, -0.1) is 16.4 Å². The van der Waals surface area contributed by atoms with E-state index >= 15 is 0 Å². The first-order valence-corrected chi connectivity index (χ1v) is 11.9. The fraction of sp³-hybridized carbons (Fsp3) is 0.391. The number of aromatic nitrogens is 6. The molecule has 0 unspecified atom stereocenters. The average Bonchev–Trinajstić information content (AvgIpc) is 3.57. The van der Waals surface area contributed by atoms with Gasteiger partial charge in [-0.3, -0.25) is 0 Å². The van der Waals surface area contributed by atoms with Crippen LogP contribution in [0, 0.1) is 36.6 Å². The number of ether oxygens (including phenoxy) is 1. The predicted octanol–water partition coefficient (Wildman–Crippen LogP) is 3.80. The van der Waals surface area contributed by atoms with Gasteiger partial charge in [-0.25, -0.2) is 14.2 Å². The zero-order valence-electron chi connectivity index (χ0n) is 19.1. The number of pyridine rings is 1. The number of hydrogen-bond acceptors (Lipinski definition) is 9. The molecule has 1 saturated heterocycles. The molecule has 0 aromatic carbocycles. The topological polar surface area (TPSA) is 121 Å². The summed E-state index contributed by atoms with van der Waals surface area (Å²) >= 11 is 1.57. The Morgan fingerprint density at radius 3 is 2.71 bits per heavy atom. The van der Waals surface area contributed by atoms with Crippen molar-refractivity contribution in [2.75, 3.05) is 13.1 Å². The van der Waals surface area contributed by atoms with Gasteiger partial charge in [-0.1, -0.05) is 5.21 Å². The summed E-state index contributed by atoms with van der Waals surface area (Å²) in [6, 6.07) is 4.30. The van der Waals surface area contributed by atoms with E-state index in [0.29, 0.717) is 16.8 Å². The molecule has 0 spiro atoms. The molecule has 0 bridgehead atoms. The Kier molecular flexibility index (Phi) is 5.64. The molecular formula is C23H23N9OS. The van der Waals surface area contributed by atoms with Crippen molar-refractivity contribution in [1.29, 1.82) is 10.5 Å². The first kappa shape index (κ1) is 21.9. The van der Waals surface area contributed by atoms with E-state index < -0.39 is 0 Å². The fourth-order valence-corrected chi connectivity index (χ4v) is 5.06. The Bertz CT molecular complexity index is 1430. The normalized spacial score (nSPS) is 15.3. The predicted molar refractivity (Wildman–Crippen MR) is 125 cm³/mol. The van der Waals surface area contributed by atoms with Crippen LogP contribution in [-0.4, -0.2) is 47.6 Å². The third-order valence-corrected chi connectivity index (χ3v) is 7.00. The Morgan fingerprint density at radius 2 is 2.03 bits per heavy atom. The summed E-state index contributed by atoms with van der Waals surface area (Å²) in [4.78, 5) is 6.31. The van der Waals surface area contributed by atoms with Crippen molar-refractivity contribution in [2.24, 2.45) is 0 Å². The Balaban J connectivity index is 1.52. The summed E-state index contributed by atoms with van der Waals surface area (Å²) in [7, 11) is 0. The van der Waals surface area contributed by atoms with Crippen molar-refractivity contribution < 1.29 is 4.74 Å². The van der Waals surface area contributed by atoms with Gasteiger partial charge in [0.15, 0.2) is 6.19 Å². The van der Waals surface area contributed by atoms with Gasteiger partial charge < -0.3 is 9.64 Å². The Labute approximate surface area is 200 Å². The van der Waals surface area contributed by atoms with Crippen molar-refractivity contribution in [2.45, 2.75) is 45.8 Å². The minimum Gasteiger partial charge on any atom is -0.482 e. The molecule has 0 saturated carbocycles. The van der Waals surface area contributed by atoms with Crippen molar-refractivity contribution >= 4 is 16.9 Å². The smallest absolute Gasteiger partial charge is 0.179 e. The molecule has 172 valence electrons. The van der Waals surface area contributed by atoms with Crippen LogP contribution in [-0.2, 0) is 0 Å². The van der Waals surface area contributed by atoms with Crippen LogP contribution in [0.5, 0.6) is 5.75 Å². The number of nitriles is 2. The molecule has 1 aliphatic heterocycles. The summed E-state index contributed by atoms with van der Waals surface area (Å²) in [6.07, 6.45) is 7.00. The molecular weight excluding hydrogens is 450 g/mol. The molecule has 10 nitrogen and oxygen atoms in total. The minimum atomic E-state index is -0.299. The van der Waals surface area contributed by atoms with Crippen LogP contribution in [0.2, 0.25) is 0 Å². The molecule has 11 heteroatoms. The van der Waals surface area contributed by atoms with Crippen LogP contribution in [0.3, 0.4) is 0 Å². The maximum atomic E-state index is 9.60. The van der Waals surface area contributed by atoms with Crippen molar-refractivity contribution in [3.05, 3.63) is 45.8 Å². The van der Waals surface area contributed by atoms with E-state index in [1.165, 1.54) is 6.20 Å². The van der Waals surface area contributed by atoms with Gasteiger partial charge in [-0.05, 0) is 39.7 Å². The highest BCUT2D eigenvalue weighted by molar-refractivity contribution is 7.09. The molecule has 0 aliphatic carbocycles. The van der Waals surface area contributed by atoms with E-state index in [-0.39, 0.29) is 12.1 Å². The van der Waals surface area contributed by atoms with Crippen molar-refractivity contribution in [3.63, 3.8) is 0 Å². The largest absolute Gasteiger partial charge is 0.482 e. The molecule has 5 heterocycles. The van der Waals surface area contributed by atoms with Crippen LogP contribution in [0.4, 0.5) is 0 Å². The Morgan fingerprint density at radius 1 is 1.24 bits per heavy atom.